The van der Waals surface area contributed by atoms with Crippen molar-refractivity contribution in [1.82, 2.24) is 16.1 Å². The predicted molar refractivity (Wildman–Crippen MR) is 109 cm³/mol. The van der Waals surface area contributed by atoms with Gasteiger partial charge < -0.3 is 15.7 Å². The molecule has 2 amide bonds. The molecular formula is C22H22F3N3O4. The number of hydroxylamine groups is 1. The minimum atomic E-state index is -4.26. The molecule has 32 heavy (non-hydrogen) atoms. The van der Waals surface area contributed by atoms with Crippen molar-refractivity contribution in [2.24, 2.45) is 0 Å². The zero-order valence-electron chi connectivity index (χ0n) is 17.0. The molecule has 0 aliphatic rings. The summed E-state index contributed by atoms with van der Waals surface area (Å²) in [5.41, 5.74) is 3.58. The quantitative estimate of drug-likeness (QED) is 0.251. The van der Waals surface area contributed by atoms with Crippen molar-refractivity contribution >= 4 is 11.8 Å². The van der Waals surface area contributed by atoms with Crippen LogP contribution in [0, 0.1) is 11.8 Å². The molecule has 0 aromatic heterocycles. The molecule has 0 bridgehead atoms. The number of aliphatic hydroxyl groups excluding tert-OH is 1. The van der Waals surface area contributed by atoms with Crippen molar-refractivity contribution in [3.63, 3.8) is 0 Å². The van der Waals surface area contributed by atoms with Crippen LogP contribution in [0.5, 0.6) is 0 Å². The highest BCUT2D eigenvalue weighted by Gasteiger charge is 2.26. The van der Waals surface area contributed by atoms with Gasteiger partial charge in [0, 0.05) is 23.2 Å². The summed E-state index contributed by atoms with van der Waals surface area (Å²) in [6.07, 6.45) is -5.47. The molecule has 0 saturated heterocycles. The van der Waals surface area contributed by atoms with E-state index in [1.54, 1.807) is 36.4 Å². The lowest BCUT2D eigenvalue weighted by Crippen LogP contribution is -2.51. The third-order valence-corrected chi connectivity index (χ3v) is 4.27. The number of benzene rings is 2. The maximum atomic E-state index is 12.2. The van der Waals surface area contributed by atoms with Gasteiger partial charge in [-0.1, -0.05) is 24.0 Å². The first-order valence-corrected chi connectivity index (χ1v) is 9.50. The third kappa shape index (κ3) is 8.03. The average molecular weight is 449 g/mol. The maximum Gasteiger partial charge on any atom is 0.401 e. The summed E-state index contributed by atoms with van der Waals surface area (Å²) in [6, 6.07) is 11.6. The number of halogens is 3. The van der Waals surface area contributed by atoms with Crippen LogP contribution in [0.25, 0.3) is 0 Å². The molecule has 0 aliphatic carbocycles. The Morgan fingerprint density at radius 3 is 2.00 bits per heavy atom. The van der Waals surface area contributed by atoms with Crippen molar-refractivity contribution in [1.29, 1.82) is 0 Å². The summed E-state index contributed by atoms with van der Waals surface area (Å²) in [5.74, 6) is 4.27. The lowest BCUT2D eigenvalue weighted by atomic mass is 10.1. The molecular weight excluding hydrogens is 427 g/mol. The van der Waals surface area contributed by atoms with Crippen LogP contribution < -0.4 is 16.1 Å². The first-order valence-electron chi connectivity index (χ1n) is 9.50. The minimum Gasteiger partial charge on any atom is -0.391 e. The molecule has 10 heteroatoms. The molecule has 2 rings (SSSR count). The van der Waals surface area contributed by atoms with E-state index in [4.69, 9.17) is 5.21 Å². The highest BCUT2D eigenvalue weighted by molar-refractivity contribution is 5.97. The van der Waals surface area contributed by atoms with Crippen LogP contribution in [0.3, 0.4) is 0 Å². The van der Waals surface area contributed by atoms with Crippen molar-refractivity contribution in [3.05, 3.63) is 70.8 Å². The number of hydrogen-bond acceptors (Lipinski definition) is 5. The van der Waals surface area contributed by atoms with E-state index in [0.29, 0.717) is 16.7 Å². The molecule has 0 radical (unpaired) electrons. The van der Waals surface area contributed by atoms with Gasteiger partial charge in [0.05, 0.1) is 12.6 Å². The Balaban J connectivity index is 1.97. The van der Waals surface area contributed by atoms with Gasteiger partial charge in [-0.25, -0.2) is 5.48 Å². The van der Waals surface area contributed by atoms with E-state index in [1.165, 1.54) is 24.5 Å². The highest BCUT2D eigenvalue weighted by Crippen LogP contribution is 2.13. The van der Waals surface area contributed by atoms with E-state index in [2.05, 4.69) is 22.5 Å². The zero-order valence-corrected chi connectivity index (χ0v) is 17.0. The number of alkyl halides is 3. The molecule has 0 saturated carbocycles. The van der Waals surface area contributed by atoms with Gasteiger partial charge in [-0.2, -0.15) is 13.2 Å². The third-order valence-electron chi connectivity index (χ3n) is 4.27. The van der Waals surface area contributed by atoms with Crippen LogP contribution in [0.4, 0.5) is 13.2 Å². The fourth-order valence-electron chi connectivity index (χ4n) is 2.60. The molecule has 0 aliphatic heterocycles. The second-order valence-corrected chi connectivity index (χ2v) is 6.91. The number of carbonyl (C=O) groups excluding carboxylic acids is 2. The Kier molecular flexibility index (Phi) is 8.78. The molecule has 170 valence electrons. The molecule has 0 fully saturated rings. The van der Waals surface area contributed by atoms with Crippen molar-refractivity contribution in [3.8, 4) is 11.8 Å². The molecule has 5 N–H and O–H groups in total. The van der Waals surface area contributed by atoms with Gasteiger partial charge in [0.15, 0.2) is 0 Å². The summed E-state index contributed by atoms with van der Waals surface area (Å²) in [4.78, 5) is 23.7. The normalized spacial score (nSPS) is 12.8. The Bertz CT molecular complexity index is 979. The summed E-state index contributed by atoms with van der Waals surface area (Å²) in [6.45, 7) is 0.327. The molecule has 2 aromatic rings. The average Bonchev–Trinajstić information content (AvgIpc) is 2.75. The molecule has 2 atom stereocenters. The Hall–Kier alpha value is -3.39. The molecule has 2 aromatic carbocycles. The topological polar surface area (TPSA) is 111 Å². The fourth-order valence-corrected chi connectivity index (χ4v) is 2.60. The van der Waals surface area contributed by atoms with Gasteiger partial charge in [0.1, 0.15) is 6.04 Å². The summed E-state index contributed by atoms with van der Waals surface area (Å²) in [5, 5.41) is 22.9. The van der Waals surface area contributed by atoms with E-state index in [1.807, 2.05) is 0 Å². The first kappa shape index (κ1) is 24.9. The van der Waals surface area contributed by atoms with Crippen LogP contribution >= 0.6 is 0 Å². The van der Waals surface area contributed by atoms with Crippen molar-refractivity contribution < 1.29 is 33.1 Å². The summed E-state index contributed by atoms with van der Waals surface area (Å²) >= 11 is 0. The van der Waals surface area contributed by atoms with Crippen molar-refractivity contribution in [2.75, 3.05) is 6.54 Å². The van der Waals surface area contributed by atoms with Crippen LogP contribution in [0.2, 0.25) is 0 Å². The van der Waals surface area contributed by atoms with E-state index in [9.17, 15) is 27.9 Å². The SMILES string of the molecule is C[C@@H](O)[C@H](NC(=O)c1ccc(C#Cc2ccc(CNCC(F)(F)F)cc2)cc1)C(=O)NO. The molecule has 0 heterocycles. The van der Waals surface area contributed by atoms with Gasteiger partial charge in [-0.15, -0.1) is 0 Å². The van der Waals surface area contributed by atoms with Crippen LogP contribution in [0.15, 0.2) is 48.5 Å². The minimum absolute atomic E-state index is 0.0899. The predicted octanol–water partition coefficient (Wildman–Crippen LogP) is 1.72. The number of aliphatic hydroxyl groups is 1. The number of carbonyl (C=O) groups is 2. The number of hydrogen-bond donors (Lipinski definition) is 5. The van der Waals surface area contributed by atoms with E-state index >= 15 is 0 Å². The van der Waals surface area contributed by atoms with Crippen LogP contribution in [0.1, 0.15) is 34.0 Å². The molecule has 0 unspecified atom stereocenters. The lowest BCUT2D eigenvalue weighted by Gasteiger charge is -2.19. The largest absolute Gasteiger partial charge is 0.401 e. The second-order valence-electron chi connectivity index (χ2n) is 6.91. The summed E-state index contributed by atoms with van der Waals surface area (Å²) < 4.78 is 36.4. The van der Waals surface area contributed by atoms with E-state index < -0.39 is 36.7 Å². The Labute approximate surface area is 182 Å². The fraction of sp³-hybridized carbons (Fsp3) is 0.273. The lowest BCUT2D eigenvalue weighted by molar-refractivity contribution is -0.133. The van der Waals surface area contributed by atoms with Gasteiger partial charge in [-0.3, -0.25) is 14.8 Å². The number of rotatable bonds is 7. The highest BCUT2D eigenvalue weighted by atomic mass is 19.4. The smallest absolute Gasteiger partial charge is 0.391 e. The monoisotopic (exact) mass is 449 g/mol. The van der Waals surface area contributed by atoms with Crippen molar-refractivity contribution in [2.45, 2.75) is 31.8 Å². The Morgan fingerprint density at radius 1 is 1.00 bits per heavy atom. The second kappa shape index (κ2) is 11.3. The first-order chi connectivity index (χ1) is 15.1. The maximum absolute atomic E-state index is 12.2. The van der Waals surface area contributed by atoms with Crippen LogP contribution in [-0.2, 0) is 11.3 Å². The van der Waals surface area contributed by atoms with E-state index in [-0.39, 0.29) is 12.1 Å². The Morgan fingerprint density at radius 2 is 1.53 bits per heavy atom. The van der Waals surface area contributed by atoms with Gasteiger partial charge in [0.25, 0.3) is 11.8 Å². The standard InChI is InChI=1S/C22H22F3N3O4/c1-14(29)19(21(31)28-32)27-20(30)18-10-8-16(9-11-18)3-2-15-4-6-17(7-5-15)12-26-13-22(23,24)25/h4-11,14,19,26,29,32H,12-13H2,1H3,(H,27,30)(H,28,31)/t14-,19+/m1/s1. The van der Waals surface area contributed by atoms with Gasteiger partial charge >= 0.3 is 6.18 Å². The summed E-state index contributed by atoms with van der Waals surface area (Å²) in [7, 11) is 0. The van der Waals surface area contributed by atoms with Crippen LogP contribution in [-0.4, -0.2) is 47.0 Å². The number of amides is 2. The molecule has 7 nitrogen and oxygen atoms in total. The zero-order chi connectivity index (χ0) is 23.7. The molecule has 0 spiro atoms. The number of nitrogens with one attached hydrogen (secondary N) is 3. The van der Waals surface area contributed by atoms with Gasteiger partial charge in [0.2, 0.25) is 0 Å². The van der Waals surface area contributed by atoms with Gasteiger partial charge in [-0.05, 0) is 48.9 Å². The van der Waals surface area contributed by atoms with E-state index in [0.717, 1.165) is 0 Å².